The van der Waals surface area contributed by atoms with Gasteiger partial charge >= 0.3 is 0 Å². The number of halogens is 1. The normalized spacial score (nSPS) is 14.7. The summed E-state index contributed by atoms with van der Waals surface area (Å²) in [5.74, 6) is 0.611. The summed E-state index contributed by atoms with van der Waals surface area (Å²) in [6.45, 7) is 11.0. The van der Waals surface area contributed by atoms with Crippen LogP contribution in [0, 0.1) is 5.92 Å². The van der Waals surface area contributed by atoms with Crippen molar-refractivity contribution in [3.63, 3.8) is 0 Å². The number of aromatic nitrogens is 2. The summed E-state index contributed by atoms with van der Waals surface area (Å²) in [5, 5.41) is 8.15. The zero-order chi connectivity index (χ0) is 13.5. The quantitative estimate of drug-likeness (QED) is 0.781. The Balaban J connectivity index is 2.98. The molecule has 4 heteroatoms. The minimum atomic E-state index is 0.387. The van der Waals surface area contributed by atoms with Gasteiger partial charge in [0.25, 0.3) is 0 Å². The van der Waals surface area contributed by atoms with Crippen LogP contribution in [0.4, 0.5) is 0 Å². The Morgan fingerprint density at radius 1 is 1.33 bits per heavy atom. The van der Waals surface area contributed by atoms with Crippen molar-refractivity contribution in [2.75, 3.05) is 6.54 Å². The molecule has 0 amide bonds. The number of rotatable bonds is 8. The van der Waals surface area contributed by atoms with E-state index >= 15 is 0 Å². The highest BCUT2D eigenvalue weighted by atomic mass is 79.9. The van der Waals surface area contributed by atoms with Gasteiger partial charge < -0.3 is 5.32 Å². The first kappa shape index (κ1) is 15.7. The molecular formula is C14H26BrN3. The first-order chi connectivity index (χ1) is 8.65. The van der Waals surface area contributed by atoms with Gasteiger partial charge in [-0.2, -0.15) is 5.10 Å². The highest BCUT2D eigenvalue weighted by Crippen LogP contribution is 2.30. The molecule has 0 aliphatic heterocycles. The molecule has 1 aromatic heterocycles. The van der Waals surface area contributed by atoms with Crippen LogP contribution in [0.2, 0.25) is 0 Å². The third-order valence-electron chi connectivity index (χ3n) is 3.39. The molecule has 2 unspecified atom stereocenters. The first-order valence-corrected chi connectivity index (χ1v) is 7.89. The molecule has 0 aliphatic rings. The van der Waals surface area contributed by atoms with Gasteiger partial charge in [0.2, 0.25) is 0 Å². The van der Waals surface area contributed by atoms with E-state index in [0.717, 1.165) is 30.4 Å². The molecule has 0 radical (unpaired) electrons. The fourth-order valence-electron chi connectivity index (χ4n) is 2.17. The van der Waals surface area contributed by atoms with Crippen LogP contribution in [0.25, 0.3) is 0 Å². The minimum Gasteiger partial charge on any atom is -0.308 e. The second-order valence-corrected chi connectivity index (χ2v) is 5.77. The molecule has 1 N–H and O–H groups in total. The van der Waals surface area contributed by atoms with E-state index in [1.807, 2.05) is 6.20 Å². The molecule has 2 atom stereocenters. The van der Waals surface area contributed by atoms with Crippen LogP contribution in [0.1, 0.15) is 58.7 Å². The van der Waals surface area contributed by atoms with Crippen molar-refractivity contribution in [3.05, 3.63) is 16.4 Å². The van der Waals surface area contributed by atoms with Crippen molar-refractivity contribution in [2.24, 2.45) is 5.92 Å². The molecule has 1 rings (SSSR count). The molecule has 0 aliphatic carbocycles. The Kier molecular flexibility index (Phi) is 6.94. The number of nitrogens with zero attached hydrogens (tertiary/aromatic N) is 2. The van der Waals surface area contributed by atoms with Crippen LogP contribution in [-0.2, 0) is 6.54 Å². The predicted octanol–water partition coefficient (Wildman–Crippen LogP) is 4.14. The lowest BCUT2D eigenvalue weighted by molar-refractivity contribution is 0.351. The van der Waals surface area contributed by atoms with Gasteiger partial charge in [0.1, 0.15) is 0 Å². The second kappa shape index (κ2) is 7.95. The maximum atomic E-state index is 4.48. The maximum absolute atomic E-state index is 4.48. The van der Waals surface area contributed by atoms with Gasteiger partial charge in [-0.3, -0.25) is 4.68 Å². The second-order valence-electron chi connectivity index (χ2n) is 4.92. The van der Waals surface area contributed by atoms with Gasteiger partial charge in [-0.25, -0.2) is 0 Å². The Morgan fingerprint density at radius 2 is 2.06 bits per heavy atom. The van der Waals surface area contributed by atoms with Crippen LogP contribution in [0.3, 0.4) is 0 Å². The molecule has 0 fully saturated rings. The number of hydrogen-bond donors (Lipinski definition) is 1. The average Bonchev–Trinajstić information content (AvgIpc) is 2.72. The Labute approximate surface area is 119 Å². The Morgan fingerprint density at radius 3 is 2.61 bits per heavy atom. The van der Waals surface area contributed by atoms with Crippen LogP contribution < -0.4 is 5.32 Å². The Bertz CT molecular complexity index is 349. The monoisotopic (exact) mass is 315 g/mol. The summed E-state index contributed by atoms with van der Waals surface area (Å²) in [6.07, 6.45) is 5.37. The van der Waals surface area contributed by atoms with Crippen molar-refractivity contribution in [3.8, 4) is 0 Å². The highest BCUT2D eigenvalue weighted by Gasteiger charge is 2.23. The lowest BCUT2D eigenvalue weighted by Crippen LogP contribution is -2.30. The van der Waals surface area contributed by atoms with E-state index in [-0.39, 0.29) is 0 Å². The summed E-state index contributed by atoms with van der Waals surface area (Å²) >= 11 is 3.65. The fraction of sp³-hybridized carbons (Fsp3) is 0.786. The average molecular weight is 316 g/mol. The number of hydrogen-bond acceptors (Lipinski definition) is 2. The largest absolute Gasteiger partial charge is 0.308 e. The van der Waals surface area contributed by atoms with E-state index in [0.29, 0.717) is 12.0 Å². The standard InChI is InChI=1S/C14H26BrN3/c1-5-8-16-13(11(4)7-3)14-12(15)10-17-18(14)9-6-2/h10-11,13,16H,5-9H2,1-4H3. The van der Waals surface area contributed by atoms with Crippen LogP contribution in [0.5, 0.6) is 0 Å². The third kappa shape index (κ3) is 3.82. The minimum absolute atomic E-state index is 0.387. The van der Waals surface area contributed by atoms with Crippen molar-refractivity contribution in [1.82, 2.24) is 15.1 Å². The smallest absolute Gasteiger partial charge is 0.0698 e. The summed E-state index contributed by atoms with van der Waals surface area (Å²) in [7, 11) is 0. The van der Waals surface area contributed by atoms with Gasteiger partial charge in [0.15, 0.2) is 0 Å². The predicted molar refractivity (Wildman–Crippen MR) is 80.7 cm³/mol. The van der Waals surface area contributed by atoms with E-state index in [2.05, 4.69) is 58.7 Å². The summed E-state index contributed by atoms with van der Waals surface area (Å²) < 4.78 is 3.27. The van der Waals surface area contributed by atoms with Crippen molar-refractivity contribution < 1.29 is 0 Å². The zero-order valence-electron chi connectivity index (χ0n) is 12.0. The van der Waals surface area contributed by atoms with Crippen molar-refractivity contribution in [2.45, 2.75) is 59.5 Å². The molecule has 1 aromatic rings. The molecule has 0 aromatic carbocycles. The molecule has 18 heavy (non-hydrogen) atoms. The molecule has 104 valence electrons. The van der Waals surface area contributed by atoms with Crippen LogP contribution in [0.15, 0.2) is 10.7 Å². The van der Waals surface area contributed by atoms with E-state index in [1.165, 1.54) is 12.1 Å². The first-order valence-electron chi connectivity index (χ1n) is 7.10. The van der Waals surface area contributed by atoms with E-state index < -0.39 is 0 Å². The lowest BCUT2D eigenvalue weighted by Gasteiger charge is -2.26. The molecule has 0 saturated carbocycles. The number of nitrogens with one attached hydrogen (secondary N) is 1. The fourth-order valence-corrected chi connectivity index (χ4v) is 2.72. The lowest BCUT2D eigenvalue weighted by atomic mass is 9.96. The maximum Gasteiger partial charge on any atom is 0.0698 e. The van der Waals surface area contributed by atoms with Crippen LogP contribution in [-0.4, -0.2) is 16.3 Å². The summed E-state index contributed by atoms with van der Waals surface area (Å²) in [5.41, 5.74) is 1.31. The molecule has 0 saturated heterocycles. The van der Waals surface area contributed by atoms with Crippen molar-refractivity contribution in [1.29, 1.82) is 0 Å². The topological polar surface area (TPSA) is 29.9 Å². The van der Waals surface area contributed by atoms with Crippen molar-refractivity contribution >= 4 is 15.9 Å². The summed E-state index contributed by atoms with van der Waals surface area (Å²) in [6, 6.07) is 0.387. The SMILES string of the molecule is CCCNC(c1c(Br)cnn1CCC)C(C)CC. The number of aryl methyl sites for hydroxylation is 1. The van der Waals surface area contributed by atoms with Gasteiger partial charge in [-0.15, -0.1) is 0 Å². The van der Waals surface area contributed by atoms with E-state index in [4.69, 9.17) is 0 Å². The van der Waals surface area contributed by atoms with Gasteiger partial charge in [0.05, 0.1) is 22.4 Å². The highest BCUT2D eigenvalue weighted by molar-refractivity contribution is 9.10. The zero-order valence-corrected chi connectivity index (χ0v) is 13.6. The van der Waals surface area contributed by atoms with E-state index in [9.17, 15) is 0 Å². The van der Waals surface area contributed by atoms with Gasteiger partial charge in [-0.1, -0.05) is 34.1 Å². The van der Waals surface area contributed by atoms with Gasteiger partial charge in [-0.05, 0) is 41.2 Å². The molecule has 0 bridgehead atoms. The molecule has 1 heterocycles. The van der Waals surface area contributed by atoms with Crippen LogP contribution >= 0.6 is 15.9 Å². The Hall–Kier alpha value is -0.350. The molecule has 3 nitrogen and oxygen atoms in total. The molecular weight excluding hydrogens is 290 g/mol. The molecule has 0 spiro atoms. The third-order valence-corrected chi connectivity index (χ3v) is 4.00. The van der Waals surface area contributed by atoms with Gasteiger partial charge in [0, 0.05) is 6.54 Å². The summed E-state index contributed by atoms with van der Waals surface area (Å²) in [4.78, 5) is 0. The van der Waals surface area contributed by atoms with E-state index in [1.54, 1.807) is 0 Å².